The average molecular weight is 489 g/mol. The van der Waals surface area contributed by atoms with Gasteiger partial charge in [-0.3, -0.25) is 19.4 Å². The Morgan fingerprint density at radius 3 is 2.37 bits per heavy atom. The first-order valence-corrected chi connectivity index (χ1v) is 11.5. The number of amides is 3. The molecule has 2 aromatic heterocycles. The topological polar surface area (TPSA) is 100 Å². The summed E-state index contributed by atoms with van der Waals surface area (Å²) in [6.45, 7) is 2.03. The Hall–Kier alpha value is -4.37. The summed E-state index contributed by atoms with van der Waals surface area (Å²) in [5.41, 5.74) is 2.80. The zero-order valence-electron chi connectivity index (χ0n) is 18.7. The summed E-state index contributed by atoms with van der Waals surface area (Å²) in [7, 11) is 0. The molecule has 2 aromatic carbocycles. The van der Waals surface area contributed by atoms with Gasteiger partial charge in [-0.25, -0.2) is 4.39 Å². The number of rotatable bonds is 7. The van der Waals surface area contributed by atoms with E-state index >= 15 is 0 Å². The molecule has 0 fully saturated rings. The van der Waals surface area contributed by atoms with Crippen LogP contribution in [0, 0.1) is 12.7 Å². The lowest BCUT2D eigenvalue weighted by Gasteiger charge is -2.09. The highest BCUT2D eigenvalue weighted by Crippen LogP contribution is 2.27. The van der Waals surface area contributed by atoms with E-state index in [0.29, 0.717) is 26.7 Å². The smallest absolute Gasteiger partial charge is 0.261 e. The van der Waals surface area contributed by atoms with E-state index in [-0.39, 0.29) is 23.9 Å². The van der Waals surface area contributed by atoms with Crippen molar-refractivity contribution in [3.8, 4) is 0 Å². The van der Waals surface area contributed by atoms with Gasteiger partial charge in [0.1, 0.15) is 5.82 Å². The lowest BCUT2D eigenvalue weighted by atomic mass is 10.2. The molecule has 3 N–H and O–H groups in total. The molecule has 4 aromatic rings. The minimum absolute atomic E-state index is 0.193. The third-order valence-electron chi connectivity index (χ3n) is 5.03. The minimum atomic E-state index is -0.499. The molecule has 0 aliphatic carbocycles. The number of hydrogen-bond donors (Lipinski definition) is 3. The molecule has 0 unspecified atom stereocenters. The largest absolute Gasteiger partial charge is 0.347 e. The van der Waals surface area contributed by atoms with Crippen molar-refractivity contribution in [1.29, 1.82) is 0 Å². The highest BCUT2D eigenvalue weighted by molar-refractivity contribution is 7.18. The van der Waals surface area contributed by atoms with Gasteiger partial charge in [0.05, 0.1) is 9.88 Å². The van der Waals surface area contributed by atoms with Gasteiger partial charge in [0.25, 0.3) is 17.7 Å². The number of hydrogen-bond acceptors (Lipinski definition) is 5. The molecule has 7 nitrogen and oxygen atoms in total. The SMILES string of the molecule is Cc1cc(NC(=O)c2cccc(F)c2)sc1C(=O)NCc1cccc(NC(=O)c2ccncc2)c1. The maximum Gasteiger partial charge on any atom is 0.261 e. The van der Waals surface area contributed by atoms with E-state index in [1.54, 1.807) is 55.7 Å². The number of aromatic nitrogens is 1. The van der Waals surface area contributed by atoms with Gasteiger partial charge < -0.3 is 16.0 Å². The molecular formula is C26H21FN4O3S. The second-order valence-electron chi connectivity index (χ2n) is 7.66. The summed E-state index contributed by atoms with van der Waals surface area (Å²) in [4.78, 5) is 41.8. The Bertz CT molecular complexity index is 1390. The fourth-order valence-electron chi connectivity index (χ4n) is 3.31. The van der Waals surface area contributed by atoms with Crippen molar-refractivity contribution < 1.29 is 18.8 Å². The molecule has 0 spiro atoms. The van der Waals surface area contributed by atoms with Gasteiger partial charge in [0.2, 0.25) is 0 Å². The lowest BCUT2D eigenvalue weighted by Crippen LogP contribution is -2.22. The van der Waals surface area contributed by atoms with Crippen molar-refractivity contribution in [2.45, 2.75) is 13.5 Å². The predicted molar refractivity (Wildman–Crippen MR) is 133 cm³/mol. The molecular weight excluding hydrogens is 467 g/mol. The molecule has 0 saturated heterocycles. The first kappa shape index (κ1) is 23.8. The van der Waals surface area contributed by atoms with Crippen LogP contribution in [0.15, 0.2) is 79.1 Å². The molecule has 2 heterocycles. The lowest BCUT2D eigenvalue weighted by molar-refractivity contribution is 0.0952. The van der Waals surface area contributed by atoms with Crippen molar-refractivity contribution in [3.05, 3.63) is 112 Å². The Kier molecular flexibility index (Phi) is 7.27. The summed E-state index contributed by atoms with van der Waals surface area (Å²) < 4.78 is 13.4. The van der Waals surface area contributed by atoms with E-state index in [4.69, 9.17) is 0 Å². The molecule has 0 aliphatic rings. The van der Waals surface area contributed by atoms with Gasteiger partial charge >= 0.3 is 0 Å². The maximum absolute atomic E-state index is 13.4. The van der Waals surface area contributed by atoms with Gasteiger partial charge in [0.15, 0.2) is 0 Å². The average Bonchev–Trinajstić information content (AvgIpc) is 3.23. The van der Waals surface area contributed by atoms with E-state index in [9.17, 15) is 18.8 Å². The molecule has 3 amide bonds. The van der Waals surface area contributed by atoms with Crippen molar-refractivity contribution in [1.82, 2.24) is 10.3 Å². The zero-order valence-corrected chi connectivity index (χ0v) is 19.5. The Labute approximate surface area is 205 Å². The number of halogens is 1. The Morgan fingerprint density at radius 1 is 0.857 bits per heavy atom. The normalized spacial score (nSPS) is 10.5. The quantitative estimate of drug-likeness (QED) is 0.340. The van der Waals surface area contributed by atoms with Crippen LogP contribution in [0.4, 0.5) is 15.1 Å². The van der Waals surface area contributed by atoms with Crippen LogP contribution in [0.2, 0.25) is 0 Å². The standard InChI is InChI=1S/C26H21FN4O3S/c1-16-12-22(31-25(33)19-5-3-6-20(27)14-19)35-23(16)26(34)29-15-17-4-2-7-21(13-17)30-24(32)18-8-10-28-11-9-18/h2-14H,15H2,1H3,(H,29,34)(H,30,32)(H,31,33). The number of carbonyl (C=O) groups is 3. The number of nitrogens with one attached hydrogen (secondary N) is 3. The number of benzene rings is 2. The summed E-state index contributed by atoms with van der Waals surface area (Å²) in [5, 5.41) is 8.88. The fraction of sp³-hybridized carbons (Fsp3) is 0.0769. The van der Waals surface area contributed by atoms with Crippen molar-refractivity contribution in [2.24, 2.45) is 0 Å². The van der Waals surface area contributed by atoms with Crippen LogP contribution in [0.5, 0.6) is 0 Å². The maximum atomic E-state index is 13.4. The first-order valence-electron chi connectivity index (χ1n) is 10.6. The number of nitrogens with zero attached hydrogens (tertiary/aromatic N) is 1. The molecule has 0 aliphatic heterocycles. The van der Waals surface area contributed by atoms with Gasteiger partial charge in [-0.05, 0) is 66.6 Å². The third-order valence-corrected chi connectivity index (χ3v) is 6.18. The van der Waals surface area contributed by atoms with E-state index in [2.05, 4.69) is 20.9 Å². The zero-order chi connectivity index (χ0) is 24.8. The molecule has 0 saturated carbocycles. The highest BCUT2D eigenvalue weighted by atomic mass is 32.1. The molecule has 0 atom stereocenters. The van der Waals surface area contributed by atoms with Crippen LogP contribution in [0.1, 0.15) is 41.5 Å². The minimum Gasteiger partial charge on any atom is -0.347 e. The van der Waals surface area contributed by atoms with E-state index in [1.807, 2.05) is 6.07 Å². The monoisotopic (exact) mass is 488 g/mol. The summed E-state index contributed by atoms with van der Waals surface area (Å²) in [6, 6.07) is 17.5. The van der Waals surface area contributed by atoms with Crippen LogP contribution < -0.4 is 16.0 Å². The molecule has 9 heteroatoms. The second-order valence-corrected chi connectivity index (χ2v) is 8.71. The number of thiophene rings is 1. The number of anilines is 2. The molecule has 4 rings (SSSR count). The number of carbonyl (C=O) groups excluding carboxylic acids is 3. The highest BCUT2D eigenvalue weighted by Gasteiger charge is 2.16. The van der Waals surface area contributed by atoms with Crippen molar-refractivity contribution in [3.63, 3.8) is 0 Å². The molecule has 35 heavy (non-hydrogen) atoms. The Balaban J connectivity index is 1.36. The van der Waals surface area contributed by atoms with Crippen molar-refractivity contribution in [2.75, 3.05) is 10.6 Å². The van der Waals surface area contributed by atoms with Gasteiger partial charge in [0, 0.05) is 35.8 Å². The predicted octanol–water partition coefficient (Wildman–Crippen LogP) is 5.03. The molecule has 0 bridgehead atoms. The van der Waals surface area contributed by atoms with Crippen LogP contribution in [-0.2, 0) is 6.54 Å². The fourth-order valence-corrected chi connectivity index (χ4v) is 4.30. The molecule has 176 valence electrons. The second kappa shape index (κ2) is 10.7. The van der Waals surface area contributed by atoms with Crippen LogP contribution in [0.3, 0.4) is 0 Å². The van der Waals surface area contributed by atoms with Gasteiger partial charge in [-0.1, -0.05) is 18.2 Å². The Morgan fingerprint density at radius 2 is 1.60 bits per heavy atom. The van der Waals surface area contributed by atoms with Crippen LogP contribution >= 0.6 is 11.3 Å². The summed E-state index contributed by atoms with van der Waals surface area (Å²) >= 11 is 1.14. The van der Waals surface area contributed by atoms with Crippen LogP contribution in [0.25, 0.3) is 0 Å². The number of pyridine rings is 1. The first-order chi connectivity index (χ1) is 16.9. The van der Waals surface area contributed by atoms with E-state index < -0.39 is 11.7 Å². The van der Waals surface area contributed by atoms with E-state index in [0.717, 1.165) is 23.0 Å². The van der Waals surface area contributed by atoms with Crippen molar-refractivity contribution >= 4 is 39.7 Å². The van der Waals surface area contributed by atoms with Gasteiger partial charge in [-0.15, -0.1) is 11.3 Å². The summed E-state index contributed by atoms with van der Waals surface area (Å²) in [5.74, 6) is -1.50. The van der Waals surface area contributed by atoms with Crippen LogP contribution in [-0.4, -0.2) is 22.7 Å². The molecule has 0 radical (unpaired) electrons. The summed E-state index contributed by atoms with van der Waals surface area (Å²) in [6.07, 6.45) is 3.09. The van der Waals surface area contributed by atoms with E-state index in [1.165, 1.54) is 18.2 Å². The van der Waals surface area contributed by atoms with Gasteiger partial charge in [-0.2, -0.15) is 0 Å². The third kappa shape index (κ3) is 6.15. The number of aryl methyl sites for hydroxylation is 1.